The Morgan fingerprint density at radius 3 is 2.38 bits per heavy atom. The summed E-state index contributed by atoms with van der Waals surface area (Å²) >= 11 is 6.03. The fraction of sp³-hybridized carbons (Fsp3) is 0.278. The normalized spacial score (nSPS) is 11.4. The van der Waals surface area contributed by atoms with Crippen LogP contribution in [0.2, 0.25) is 5.02 Å². The number of nitrogens with one attached hydrogen (secondary N) is 1. The first kappa shape index (κ1) is 20.2. The van der Waals surface area contributed by atoms with Crippen LogP contribution in [0.15, 0.2) is 47.4 Å². The van der Waals surface area contributed by atoms with E-state index in [9.17, 15) is 13.2 Å². The van der Waals surface area contributed by atoms with Crippen LogP contribution in [-0.4, -0.2) is 38.8 Å². The molecule has 0 aromatic heterocycles. The Hall–Kier alpha value is -2.09. The van der Waals surface area contributed by atoms with Crippen molar-refractivity contribution in [3.05, 3.63) is 53.1 Å². The first-order chi connectivity index (χ1) is 12.3. The van der Waals surface area contributed by atoms with Crippen molar-refractivity contribution in [2.45, 2.75) is 18.7 Å². The quantitative estimate of drug-likeness (QED) is 0.779. The molecule has 1 N–H and O–H groups in total. The number of sulfonamides is 1. The molecule has 0 heterocycles. The smallest absolute Gasteiger partial charge is 0.243 e. The van der Waals surface area contributed by atoms with E-state index >= 15 is 0 Å². The molecule has 2 aromatic rings. The van der Waals surface area contributed by atoms with Gasteiger partial charge in [0, 0.05) is 12.2 Å². The summed E-state index contributed by atoms with van der Waals surface area (Å²) in [6.07, 6.45) is 0. The number of aryl methyl sites for hydroxylation is 1. The Morgan fingerprint density at radius 1 is 1.19 bits per heavy atom. The molecule has 0 saturated heterocycles. The van der Waals surface area contributed by atoms with E-state index in [-0.39, 0.29) is 18.0 Å². The Kier molecular flexibility index (Phi) is 6.63. The van der Waals surface area contributed by atoms with E-state index in [1.165, 1.54) is 19.2 Å². The minimum absolute atomic E-state index is 0.158. The molecule has 8 heteroatoms. The summed E-state index contributed by atoms with van der Waals surface area (Å²) in [6.45, 7) is 3.44. The monoisotopic (exact) mass is 396 g/mol. The minimum Gasteiger partial charge on any atom is -0.495 e. The molecule has 0 aliphatic rings. The third kappa shape index (κ3) is 4.75. The van der Waals surface area contributed by atoms with Crippen molar-refractivity contribution < 1.29 is 17.9 Å². The number of amides is 1. The van der Waals surface area contributed by atoms with Gasteiger partial charge in [-0.2, -0.15) is 4.31 Å². The summed E-state index contributed by atoms with van der Waals surface area (Å²) in [7, 11) is -2.25. The highest BCUT2D eigenvalue weighted by molar-refractivity contribution is 7.89. The molecule has 140 valence electrons. The van der Waals surface area contributed by atoms with Gasteiger partial charge in [-0.3, -0.25) is 4.79 Å². The largest absolute Gasteiger partial charge is 0.495 e. The summed E-state index contributed by atoms with van der Waals surface area (Å²) in [5.74, 6) is 0.0329. The predicted octanol–water partition coefficient (Wildman–Crippen LogP) is 3.31. The van der Waals surface area contributed by atoms with Gasteiger partial charge in [0.1, 0.15) is 5.75 Å². The molecule has 0 aliphatic heterocycles. The van der Waals surface area contributed by atoms with Gasteiger partial charge in [0.2, 0.25) is 15.9 Å². The molecule has 0 spiro atoms. The first-order valence-electron chi connectivity index (χ1n) is 7.98. The Morgan fingerprint density at radius 2 is 1.85 bits per heavy atom. The van der Waals surface area contributed by atoms with Crippen LogP contribution in [0.3, 0.4) is 0 Å². The van der Waals surface area contributed by atoms with Crippen molar-refractivity contribution in [3.8, 4) is 5.75 Å². The number of carbonyl (C=O) groups excluding carboxylic acids is 1. The summed E-state index contributed by atoms with van der Waals surface area (Å²) in [5.41, 5.74) is 1.42. The number of ether oxygens (including phenoxy) is 1. The number of rotatable bonds is 7. The first-order valence-corrected chi connectivity index (χ1v) is 9.80. The Labute approximate surface area is 158 Å². The number of likely N-dealkylation sites (N-methyl/N-ethyl adjacent to an activating group) is 1. The molecule has 6 nitrogen and oxygen atoms in total. The molecule has 0 atom stereocenters. The van der Waals surface area contributed by atoms with Crippen LogP contribution >= 0.6 is 11.6 Å². The van der Waals surface area contributed by atoms with Crippen molar-refractivity contribution in [3.63, 3.8) is 0 Å². The molecule has 0 unspecified atom stereocenters. The van der Waals surface area contributed by atoms with E-state index in [0.717, 1.165) is 9.87 Å². The zero-order valence-electron chi connectivity index (χ0n) is 14.8. The van der Waals surface area contributed by atoms with Crippen LogP contribution in [0.4, 0.5) is 5.69 Å². The fourth-order valence-corrected chi connectivity index (χ4v) is 3.99. The lowest BCUT2D eigenvalue weighted by Crippen LogP contribution is -2.37. The average Bonchev–Trinajstić information content (AvgIpc) is 2.60. The molecular weight excluding hydrogens is 376 g/mol. The van der Waals surface area contributed by atoms with Gasteiger partial charge in [-0.05, 0) is 37.3 Å². The van der Waals surface area contributed by atoms with E-state index in [1.54, 1.807) is 37.3 Å². The molecular formula is C18H21ClN2O4S. The van der Waals surface area contributed by atoms with E-state index in [0.29, 0.717) is 16.5 Å². The Bertz CT molecular complexity index is 883. The van der Waals surface area contributed by atoms with Crippen molar-refractivity contribution in [1.29, 1.82) is 0 Å². The number of anilines is 1. The third-order valence-corrected chi connectivity index (χ3v) is 6.00. The van der Waals surface area contributed by atoms with Gasteiger partial charge >= 0.3 is 0 Å². The standard InChI is InChI=1S/C18H21ClN2O4S/c1-4-21(26(23,24)15-8-5-13(2)6-9-15)12-18(22)20-14-7-10-17(25-3)16(19)11-14/h5-11H,4,12H2,1-3H3,(H,20,22). The van der Waals surface area contributed by atoms with E-state index < -0.39 is 15.9 Å². The number of methoxy groups -OCH3 is 1. The zero-order valence-corrected chi connectivity index (χ0v) is 16.4. The molecule has 2 rings (SSSR count). The Balaban J connectivity index is 2.12. The topological polar surface area (TPSA) is 75.7 Å². The van der Waals surface area contributed by atoms with Crippen molar-refractivity contribution >= 4 is 33.2 Å². The summed E-state index contributed by atoms with van der Waals surface area (Å²) < 4.78 is 31.6. The van der Waals surface area contributed by atoms with Crippen LogP contribution in [-0.2, 0) is 14.8 Å². The van der Waals surface area contributed by atoms with Crippen molar-refractivity contribution in [1.82, 2.24) is 4.31 Å². The van der Waals surface area contributed by atoms with Gasteiger partial charge < -0.3 is 10.1 Å². The SMILES string of the molecule is CCN(CC(=O)Nc1ccc(OC)c(Cl)c1)S(=O)(=O)c1ccc(C)cc1. The minimum atomic E-state index is -3.75. The summed E-state index contributed by atoms with van der Waals surface area (Å²) in [5, 5.41) is 3.00. The number of benzene rings is 2. The molecule has 0 bridgehead atoms. The number of nitrogens with zero attached hydrogens (tertiary/aromatic N) is 1. The second kappa shape index (κ2) is 8.53. The lowest BCUT2D eigenvalue weighted by atomic mass is 10.2. The zero-order chi connectivity index (χ0) is 19.3. The van der Waals surface area contributed by atoms with Crippen LogP contribution in [0.1, 0.15) is 12.5 Å². The summed E-state index contributed by atoms with van der Waals surface area (Å²) in [6, 6.07) is 11.3. The molecule has 0 fully saturated rings. The molecule has 0 aliphatic carbocycles. The van der Waals surface area contributed by atoms with Crippen LogP contribution in [0.5, 0.6) is 5.75 Å². The molecule has 1 amide bonds. The maximum atomic E-state index is 12.7. The van der Waals surface area contributed by atoms with Gasteiger partial charge in [0.05, 0.1) is 23.6 Å². The number of halogens is 1. The van der Waals surface area contributed by atoms with Gasteiger partial charge in [-0.25, -0.2) is 8.42 Å². The van der Waals surface area contributed by atoms with Crippen molar-refractivity contribution in [2.24, 2.45) is 0 Å². The number of hydrogen-bond acceptors (Lipinski definition) is 4. The molecule has 2 aromatic carbocycles. The molecule has 0 radical (unpaired) electrons. The highest BCUT2D eigenvalue weighted by Gasteiger charge is 2.25. The maximum absolute atomic E-state index is 12.7. The molecule has 0 saturated carbocycles. The second-order valence-corrected chi connectivity index (χ2v) is 7.99. The predicted molar refractivity (Wildman–Crippen MR) is 102 cm³/mol. The van der Waals surface area contributed by atoms with Gasteiger partial charge in [0.15, 0.2) is 0 Å². The maximum Gasteiger partial charge on any atom is 0.243 e. The fourth-order valence-electron chi connectivity index (χ4n) is 2.33. The third-order valence-electron chi connectivity index (χ3n) is 3.77. The van der Waals surface area contributed by atoms with E-state index in [2.05, 4.69) is 5.32 Å². The lowest BCUT2D eigenvalue weighted by Gasteiger charge is -2.20. The van der Waals surface area contributed by atoms with Crippen LogP contribution < -0.4 is 10.1 Å². The number of hydrogen-bond donors (Lipinski definition) is 1. The van der Waals surface area contributed by atoms with Gasteiger partial charge in [0.25, 0.3) is 0 Å². The lowest BCUT2D eigenvalue weighted by molar-refractivity contribution is -0.116. The highest BCUT2D eigenvalue weighted by Crippen LogP contribution is 2.27. The van der Waals surface area contributed by atoms with Gasteiger partial charge in [-0.15, -0.1) is 0 Å². The average molecular weight is 397 g/mol. The highest BCUT2D eigenvalue weighted by atomic mass is 35.5. The van der Waals surface area contributed by atoms with Crippen LogP contribution in [0.25, 0.3) is 0 Å². The van der Waals surface area contributed by atoms with Crippen LogP contribution in [0, 0.1) is 6.92 Å². The summed E-state index contributed by atoms with van der Waals surface area (Å²) in [4.78, 5) is 12.4. The second-order valence-electron chi connectivity index (χ2n) is 5.64. The van der Waals surface area contributed by atoms with E-state index in [4.69, 9.17) is 16.3 Å². The van der Waals surface area contributed by atoms with Crippen molar-refractivity contribution in [2.75, 3.05) is 25.5 Å². The number of carbonyl (C=O) groups is 1. The van der Waals surface area contributed by atoms with E-state index in [1.807, 2.05) is 6.92 Å². The van der Waals surface area contributed by atoms with Gasteiger partial charge in [-0.1, -0.05) is 36.2 Å². The molecule has 26 heavy (non-hydrogen) atoms.